The lowest BCUT2D eigenvalue weighted by Crippen LogP contribution is -2.16. The third-order valence-electron chi connectivity index (χ3n) is 4.85. The molecule has 5 heteroatoms. The quantitative estimate of drug-likeness (QED) is 0.103. The van der Waals surface area contributed by atoms with Crippen molar-refractivity contribution in [1.82, 2.24) is 0 Å². The van der Waals surface area contributed by atoms with Crippen LogP contribution in [0.15, 0.2) is 99.9 Å². The molecule has 3 aromatic rings. The third kappa shape index (κ3) is 7.20. The van der Waals surface area contributed by atoms with Crippen LogP contribution in [-0.4, -0.2) is 17.5 Å². The van der Waals surface area contributed by atoms with Crippen molar-refractivity contribution < 1.29 is 14.4 Å². The zero-order valence-electron chi connectivity index (χ0n) is 18.2. The lowest BCUT2D eigenvalue weighted by atomic mass is 10.0. The molecule has 0 saturated heterocycles. The van der Waals surface area contributed by atoms with Gasteiger partial charge in [-0.2, -0.15) is 0 Å². The number of rotatable bonds is 11. The monoisotopic (exact) mass is 445 g/mol. The number of carbonyl (C=O) groups excluding carboxylic acids is 2. The van der Waals surface area contributed by atoms with Gasteiger partial charge in [0.15, 0.2) is 0 Å². The van der Waals surface area contributed by atoms with Crippen LogP contribution in [0.25, 0.3) is 0 Å². The van der Waals surface area contributed by atoms with Gasteiger partial charge in [0, 0.05) is 15.4 Å². The van der Waals surface area contributed by atoms with Crippen molar-refractivity contribution in [3.8, 4) is 0 Å². The zero-order chi connectivity index (χ0) is 22.6. The summed E-state index contributed by atoms with van der Waals surface area (Å²) in [7, 11) is 0. The van der Waals surface area contributed by atoms with E-state index in [4.69, 9.17) is 4.84 Å². The molecule has 0 aliphatic rings. The first-order valence-corrected chi connectivity index (χ1v) is 11.7. The number of hydrogen-bond donors (Lipinski definition) is 0. The minimum atomic E-state index is -0.571. The molecule has 0 aliphatic heterocycles. The van der Waals surface area contributed by atoms with E-state index in [-0.39, 0.29) is 11.5 Å². The Morgan fingerprint density at radius 2 is 1.44 bits per heavy atom. The highest BCUT2D eigenvalue weighted by Gasteiger charge is 2.17. The van der Waals surface area contributed by atoms with E-state index in [9.17, 15) is 9.59 Å². The number of carbonyl (C=O) groups is 2. The van der Waals surface area contributed by atoms with E-state index < -0.39 is 5.97 Å². The number of Topliss-reactive ketones (excluding diaryl/α,β-unsaturated/α-hetero) is 1. The summed E-state index contributed by atoms with van der Waals surface area (Å²) in [6.45, 7) is 2.14. The molecule has 0 atom stereocenters. The number of nitrogens with zero attached hydrogens (tertiary/aromatic N) is 1. The molecular weight excluding hydrogens is 418 g/mol. The number of ketones is 1. The maximum absolute atomic E-state index is 13.2. The molecule has 3 aromatic carbocycles. The molecule has 0 aromatic heterocycles. The number of benzene rings is 3. The van der Waals surface area contributed by atoms with Crippen molar-refractivity contribution in [3.05, 3.63) is 96.1 Å². The average Bonchev–Trinajstić information content (AvgIpc) is 2.84. The van der Waals surface area contributed by atoms with E-state index in [0.717, 1.165) is 35.5 Å². The molecule has 0 saturated carbocycles. The second-order valence-electron chi connectivity index (χ2n) is 7.37. The van der Waals surface area contributed by atoms with Crippen LogP contribution in [0, 0.1) is 0 Å². The van der Waals surface area contributed by atoms with Gasteiger partial charge >= 0.3 is 5.97 Å². The summed E-state index contributed by atoms with van der Waals surface area (Å²) >= 11 is 1.59. The van der Waals surface area contributed by atoms with Gasteiger partial charge in [0.25, 0.3) is 0 Å². The summed E-state index contributed by atoms with van der Waals surface area (Å²) in [5, 5.41) is 4.00. The summed E-state index contributed by atoms with van der Waals surface area (Å²) in [6, 6.07) is 26.1. The SMILES string of the molecule is CCCCCC/C(=N\OC(=O)c1ccccc1)C(=O)c1cccc(Sc2ccccc2)c1. The number of hydrogen-bond acceptors (Lipinski definition) is 5. The van der Waals surface area contributed by atoms with Crippen molar-refractivity contribution in [2.45, 2.75) is 48.8 Å². The molecule has 32 heavy (non-hydrogen) atoms. The molecule has 164 valence electrons. The average molecular weight is 446 g/mol. The Morgan fingerprint density at radius 1 is 0.781 bits per heavy atom. The fourth-order valence-electron chi connectivity index (χ4n) is 3.14. The van der Waals surface area contributed by atoms with Crippen LogP contribution in [0.3, 0.4) is 0 Å². The Kier molecular flexibility index (Phi) is 9.26. The predicted octanol–water partition coefficient (Wildman–Crippen LogP) is 7.20. The molecule has 0 spiro atoms. The molecule has 0 aliphatic carbocycles. The second-order valence-corrected chi connectivity index (χ2v) is 8.51. The Morgan fingerprint density at radius 3 is 2.16 bits per heavy atom. The van der Waals surface area contributed by atoms with Crippen LogP contribution in [0.4, 0.5) is 0 Å². The lowest BCUT2D eigenvalue weighted by molar-refractivity contribution is 0.0514. The highest BCUT2D eigenvalue weighted by molar-refractivity contribution is 7.99. The van der Waals surface area contributed by atoms with Crippen molar-refractivity contribution >= 4 is 29.2 Å². The fraction of sp³-hybridized carbons (Fsp3) is 0.222. The largest absolute Gasteiger partial charge is 0.365 e. The van der Waals surface area contributed by atoms with Gasteiger partial charge in [0.05, 0.1) is 5.56 Å². The Bertz CT molecular complexity index is 1050. The number of unbranched alkanes of at least 4 members (excludes halogenated alkanes) is 3. The Labute approximate surface area is 193 Å². The van der Waals surface area contributed by atoms with Crippen LogP contribution in [0.1, 0.15) is 59.7 Å². The molecule has 0 N–H and O–H groups in total. The molecule has 4 nitrogen and oxygen atoms in total. The van der Waals surface area contributed by atoms with Gasteiger partial charge in [-0.25, -0.2) is 4.79 Å². The molecule has 0 bridgehead atoms. The number of oxime groups is 1. The predicted molar refractivity (Wildman–Crippen MR) is 129 cm³/mol. The van der Waals surface area contributed by atoms with E-state index in [2.05, 4.69) is 12.1 Å². The van der Waals surface area contributed by atoms with Crippen LogP contribution < -0.4 is 0 Å². The minimum absolute atomic E-state index is 0.210. The van der Waals surface area contributed by atoms with Crippen molar-refractivity contribution in [1.29, 1.82) is 0 Å². The summed E-state index contributed by atoms with van der Waals surface area (Å²) in [5.41, 5.74) is 1.21. The van der Waals surface area contributed by atoms with Gasteiger partial charge in [-0.15, -0.1) is 0 Å². The van der Waals surface area contributed by atoms with Gasteiger partial charge in [0.2, 0.25) is 5.78 Å². The van der Waals surface area contributed by atoms with Gasteiger partial charge < -0.3 is 4.84 Å². The van der Waals surface area contributed by atoms with Crippen LogP contribution in [-0.2, 0) is 4.84 Å². The van der Waals surface area contributed by atoms with Crippen molar-refractivity contribution in [2.75, 3.05) is 0 Å². The molecular formula is C27H27NO3S. The molecule has 3 rings (SSSR count). The fourth-order valence-corrected chi connectivity index (χ4v) is 4.03. The van der Waals surface area contributed by atoms with E-state index in [1.165, 1.54) is 0 Å². The van der Waals surface area contributed by atoms with Gasteiger partial charge in [-0.05, 0) is 49.2 Å². The smallest absolute Gasteiger partial charge is 0.312 e. The minimum Gasteiger partial charge on any atom is -0.312 e. The lowest BCUT2D eigenvalue weighted by Gasteiger charge is -2.08. The van der Waals surface area contributed by atoms with Gasteiger partial charge in [0.1, 0.15) is 5.71 Å². The molecule has 0 fully saturated rings. The van der Waals surface area contributed by atoms with Crippen LogP contribution >= 0.6 is 11.8 Å². The van der Waals surface area contributed by atoms with Gasteiger partial charge in [-0.3, -0.25) is 4.79 Å². The first kappa shape index (κ1) is 23.5. The molecule has 0 radical (unpaired) electrons. The van der Waals surface area contributed by atoms with Crippen molar-refractivity contribution in [2.24, 2.45) is 5.16 Å². The first-order chi connectivity index (χ1) is 15.7. The van der Waals surface area contributed by atoms with E-state index in [1.807, 2.05) is 54.6 Å². The molecule has 0 unspecified atom stereocenters. The highest BCUT2D eigenvalue weighted by Crippen LogP contribution is 2.28. The van der Waals surface area contributed by atoms with Crippen molar-refractivity contribution in [3.63, 3.8) is 0 Å². The summed E-state index contributed by atoms with van der Waals surface area (Å²) in [6.07, 6.45) is 4.48. The van der Waals surface area contributed by atoms with Crippen LogP contribution in [0.2, 0.25) is 0 Å². The second kappa shape index (κ2) is 12.6. The topological polar surface area (TPSA) is 55.7 Å². The molecule has 0 amide bonds. The van der Waals surface area contributed by atoms with E-state index in [0.29, 0.717) is 17.5 Å². The Balaban J connectivity index is 1.76. The summed E-state index contributed by atoms with van der Waals surface area (Å²) < 4.78 is 0. The van der Waals surface area contributed by atoms with E-state index in [1.54, 1.807) is 42.1 Å². The first-order valence-electron chi connectivity index (χ1n) is 10.9. The van der Waals surface area contributed by atoms with E-state index >= 15 is 0 Å². The Hall–Kier alpha value is -3.18. The third-order valence-corrected chi connectivity index (χ3v) is 5.85. The van der Waals surface area contributed by atoms with Gasteiger partial charge in [-0.1, -0.05) is 91.6 Å². The summed E-state index contributed by atoms with van der Waals surface area (Å²) in [4.78, 5) is 32.7. The highest BCUT2D eigenvalue weighted by atomic mass is 32.2. The normalized spacial score (nSPS) is 11.2. The standard InChI is InChI=1S/C27H27NO3S/c1-2-3-4-11-19-25(28-31-27(30)21-13-7-5-8-14-21)26(29)22-15-12-18-24(20-22)32-23-16-9-6-10-17-23/h5-10,12-18,20H,2-4,11,19H2,1H3/b28-25+. The maximum atomic E-state index is 13.2. The maximum Gasteiger partial charge on any atom is 0.365 e. The zero-order valence-corrected chi connectivity index (χ0v) is 19.0. The molecule has 0 heterocycles. The summed E-state index contributed by atoms with van der Waals surface area (Å²) in [5.74, 6) is -0.782. The van der Waals surface area contributed by atoms with Crippen LogP contribution in [0.5, 0.6) is 0 Å².